The number of nitrogens with two attached hydrogens (primary N) is 2. The molecule has 0 spiro atoms. The molecule has 8 N–H and O–H groups in total. The van der Waals surface area contributed by atoms with Crippen LogP contribution in [0.5, 0.6) is 0 Å². The van der Waals surface area contributed by atoms with Crippen molar-refractivity contribution in [2.75, 3.05) is 13.7 Å². The molecule has 11 nitrogen and oxygen atoms in total. The second-order valence-electron chi connectivity index (χ2n) is 3.80. The Hall–Kier alpha value is -2.24. The first-order valence-corrected chi connectivity index (χ1v) is 5.87. The lowest BCUT2D eigenvalue weighted by atomic mass is 10.3. The van der Waals surface area contributed by atoms with Crippen molar-refractivity contribution in [1.29, 1.82) is 0 Å². The Bertz CT molecular complexity index is 260. The summed E-state index contributed by atoms with van der Waals surface area (Å²) in [5, 5.41) is 29.7. The number of carbonyl (C=O) groups is 4. The van der Waals surface area contributed by atoms with E-state index in [0.717, 1.165) is 27.7 Å². The number of carboxylic acid groups (broad SMARTS) is 4. The van der Waals surface area contributed by atoms with Crippen LogP contribution < -0.4 is 11.5 Å². The predicted octanol–water partition coefficient (Wildman–Crippen LogP) is -0.370. The highest BCUT2D eigenvalue weighted by molar-refractivity contribution is 5.63. The lowest BCUT2D eigenvalue weighted by molar-refractivity contribution is -0.135. The molecule has 0 amide bonds. The molecule has 0 aromatic rings. The Morgan fingerprint density at radius 1 is 0.826 bits per heavy atom. The van der Waals surface area contributed by atoms with Crippen LogP contribution in [-0.4, -0.2) is 63.7 Å². The summed E-state index contributed by atoms with van der Waals surface area (Å²) in [4.78, 5) is 36.0. The molecule has 0 aliphatic heterocycles. The van der Waals surface area contributed by atoms with E-state index in [0.29, 0.717) is 6.54 Å². The number of rotatable bonds is 2. The smallest absolute Gasteiger partial charge is 0.300 e. The summed E-state index contributed by atoms with van der Waals surface area (Å²) in [5.41, 5.74) is 9.90. The molecule has 0 aromatic carbocycles. The van der Waals surface area contributed by atoms with E-state index in [4.69, 9.17) is 55.8 Å². The zero-order valence-electron chi connectivity index (χ0n) is 14.2. The van der Waals surface area contributed by atoms with Gasteiger partial charge in [0.1, 0.15) is 5.72 Å². The van der Waals surface area contributed by atoms with E-state index in [9.17, 15) is 0 Å². The standard InChI is InChI=1S/C4H12N2O.4C2H4O2/c1-4(6,3-5)7-2;4*1-2(3)4/h3,5-6H2,1-2H3;4*1H3,(H,3,4). The highest BCUT2D eigenvalue weighted by Gasteiger charge is 2.11. The van der Waals surface area contributed by atoms with Gasteiger partial charge < -0.3 is 36.6 Å². The Morgan fingerprint density at radius 2 is 0.957 bits per heavy atom. The van der Waals surface area contributed by atoms with E-state index >= 15 is 0 Å². The molecule has 0 saturated heterocycles. The Kier molecular flexibility index (Phi) is 31.3. The zero-order chi connectivity index (χ0) is 20.2. The summed E-state index contributed by atoms with van der Waals surface area (Å²) >= 11 is 0. The average molecular weight is 344 g/mol. The van der Waals surface area contributed by atoms with E-state index in [2.05, 4.69) is 0 Å². The van der Waals surface area contributed by atoms with Crippen molar-refractivity contribution in [3.8, 4) is 0 Å². The third-order valence-electron chi connectivity index (χ3n) is 0.872. The van der Waals surface area contributed by atoms with Gasteiger partial charge in [-0.15, -0.1) is 0 Å². The molecule has 0 aliphatic carbocycles. The van der Waals surface area contributed by atoms with Crippen molar-refractivity contribution in [2.45, 2.75) is 40.3 Å². The third-order valence-corrected chi connectivity index (χ3v) is 0.872. The van der Waals surface area contributed by atoms with Crippen molar-refractivity contribution in [3.63, 3.8) is 0 Å². The molecule has 1 atom stereocenters. The first-order valence-electron chi connectivity index (χ1n) is 5.87. The molecule has 0 aliphatic rings. The maximum Gasteiger partial charge on any atom is 0.300 e. The number of hydrogen-bond donors (Lipinski definition) is 6. The highest BCUT2D eigenvalue weighted by Crippen LogP contribution is 1.92. The van der Waals surface area contributed by atoms with Gasteiger partial charge in [-0.25, -0.2) is 0 Å². The molecule has 140 valence electrons. The van der Waals surface area contributed by atoms with Gasteiger partial charge in [0.25, 0.3) is 23.9 Å². The third kappa shape index (κ3) is 441. The van der Waals surface area contributed by atoms with Crippen LogP contribution in [0.25, 0.3) is 0 Å². The van der Waals surface area contributed by atoms with Crippen LogP contribution in [0.1, 0.15) is 34.6 Å². The molecule has 0 fully saturated rings. The van der Waals surface area contributed by atoms with Gasteiger partial charge in [0.15, 0.2) is 0 Å². The van der Waals surface area contributed by atoms with E-state index in [1.807, 2.05) is 0 Å². The van der Waals surface area contributed by atoms with Crippen LogP contribution in [0.3, 0.4) is 0 Å². The van der Waals surface area contributed by atoms with Gasteiger partial charge in [0.05, 0.1) is 0 Å². The largest absolute Gasteiger partial charge is 0.481 e. The normalized spacial score (nSPS) is 10.1. The second kappa shape index (κ2) is 22.0. The van der Waals surface area contributed by atoms with Crippen molar-refractivity contribution >= 4 is 23.9 Å². The number of hydrogen-bond acceptors (Lipinski definition) is 7. The fourth-order valence-electron chi connectivity index (χ4n) is 0.0833. The van der Waals surface area contributed by atoms with Crippen molar-refractivity contribution in [1.82, 2.24) is 0 Å². The summed E-state index contributed by atoms with van der Waals surface area (Å²) in [7, 11) is 1.53. The van der Waals surface area contributed by atoms with Crippen LogP contribution in [0, 0.1) is 0 Å². The van der Waals surface area contributed by atoms with E-state index in [1.165, 1.54) is 7.11 Å². The fraction of sp³-hybridized carbons (Fsp3) is 0.667. The average Bonchev–Trinajstić information content (AvgIpc) is 2.26. The molecule has 0 saturated carbocycles. The monoisotopic (exact) mass is 344 g/mol. The molecule has 0 heterocycles. The quantitative estimate of drug-likeness (QED) is 0.355. The van der Waals surface area contributed by atoms with Crippen LogP contribution in [0.15, 0.2) is 0 Å². The second-order valence-corrected chi connectivity index (χ2v) is 3.80. The Morgan fingerprint density at radius 3 is 0.957 bits per heavy atom. The first kappa shape index (κ1) is 32.6. The lowest BCUT2D eigenvalue weighted by Gasteiger charge is -2.19. The predicted molar refractivity (Wildman–Crippen MR) is 81.9 cm³/mol. The molecule has 1 unspecified atom stereocenters. The van der Waals surface area contributed by atoms with Gasteiger partial charge >= 0.3 is 0 Å². The summed E-state index contributed by atoms with van der Waals surface area (Å²) in [6, 6.07) is 0. The molecule has 11 heteroatoms. The summed E-state index contributed by atoms with van der Waals surface area (Å²) in [6.45, 7) is 6.41. The number of aliphatic carboxylic acids is 4. The SMILES string of the molecule is CC(=O)O.CC(=O)O.CC(=O)O.CC(=O)O.COC(C)(N)CN. The van der Waals surface area contributed by atoms with Gasteiger partial charge in [-0.1, -0.05) is 0 Å². The van der Waals surface area contributed by atoms with Crippen molar-refractivity contribution in [2.24, 2.45) is 11.5 Å². The molecule has 0 aromatic heterocycles. The minimum atomic E-state index is -0.833. The van der Waals surface area contributed by atoms with Gasteiger partial charge in [0, 0.05) is 41.3 Å². The van der Waals surface area contributed by atoms with Gasteiger partial charge in [-0.2, -0.15) is 0 Å². The Balaban J connectivity index is -0.0000000604. The number of carboxylic acids is 4. The number of ether oxygens (including phenoxy) is 1. The van der Waals surface area contributed by atoms with Gasteiger partial charge in [-0.05, 0) is 6.92 Å². The molecular formula is C12H28N2O9. The summed E-state index contributed by atoms with van der Waals surface area (Å²) in [6.07, 6.45) is 0. The van der Waals surface area contributed by atoms with E-state index in [1.54, 1.807) is 6.92 Å². The molecular weight excluding hydrogens is 316 g/mol. The molecule has 0 radical (unpaired) electrons. The van der Waals surface area contributed by atoms with Gasteiger partial charge in [-0.3, -0.25) is 19.2 Å². The minimum absolute atomic E-state index is 0.351. The molecule has 23 heavy (non-hydrogen) atoms. The van der Waals surface area contributed by atoms with E-state index in [-0.39, 0.29) is 0 Å². The minimum Gasteiger partial charge on any atom is -0.481 e. The fourth-order valence-corrected chi connectivity index (χ4v) is 0.0833. The van der Waals surface area contributed by atoms with Crippen LogP contribution in [0.2, 0.25) is 0 Å². The number of methoxy groups -OCH3 is 1. The lowest BCUT2D eigenvalue weighted by Crippen LogP contribution is -2.45. The zero-order valence-corrected chi connectivity index (χ0v) is 14.2. The summed E-state index contributed by atoms with van der Waals surface area (Å²) in [5.74, 6) is -3.33. The molecule has 0 rings (SSSR count). The first-order chi connectivity index (χ1) is 10.0. The van der Waals surface area contributed by atoms with Crippen LogP contribution in [-0.2, 0) is 23.9 Å². The topological polar surface area (TPSA) is 210 Å². The van der Waals surface area contributed by atoms with Crippen LogP contribution in [0.4, 0.5) is 0 Å². The summed E-state index contributed by atoms with van der Waals surface area (Å²) < 4.78 is 4.74. The maximum atomic E-state index is 9.00. The highest BCUT2D eigenvalue weighted by atomic mass is 16.5. The maximum absolute atomic E-state index is 9.00. The van der Waals surface area contributed by atoms with Crippen molar-refractivity contribution in [3.05, 3.63) is 0 Å². The van der Waals surface area contributed by atoms with Gasteiger partial charge in [0.2, 0.25) is 0 Å². The van der Waals surface area contributed by atoms with Crippen LogP contribution >= 0.6 is 0 Å². The van der Waals surface area contributed by atoms with Crippen molar-refractivity contribution < 1.29 is 44.3 Å². The van der Waals surface area contributed by atoms with E-state index < -0.39 is 29.6 Å². The Labute approximate surface area is 134 Å². The molecule has 0 bridgehead atoms.